The van der Waals surface area contributed by atoms with Gasteiger partial charge in [-0.3, -0.25) is 33.6 Å². The lowest BCUT2D eigenvalue weighted by molar-refractivity contribution is -0.138. The van der Waals surface area contributed by atoms with Crippen molar-refractivity contribution >= 4 is 41.5 Å². The van der Waals surface area contributed by atoms with Crippen molar-refractivity contribution in [2.45, 2.75) is 141 Å². The largest absolute Gasteiger partial charge is 0.492 e. The van der Waals surface area contributed by atoms with Gasteiger partial charge in [-0.2, -0.15) is 0 Å². The maximum absolute atomic E-state index is 13.2. The molecule has 7 N–H and O–H groups in total. The molecule has 0 spiro atoms. The molecule has 0 aliphatic heterocycles. The van der Waals surface area contributed by atoms with Crippen LogP contribution in [-0.4, -0.2) is 97.6 Å². The molecule has 0 bridgehead atoms. The second kappa shape index (κ2) is 35.6. The third kappa shape index (κ3) is 30.7. The highest BCUT2D eigenvalue weighted by Gasteiger charge is 2.14. The molecule has 0 aromatic heterocycles. The Morgan fingerprint density at radius 3 is 1.30 bits per heavy atom. The highest BCUT2D eigenvalue weighted by molar-refractivity contribution is 6.00. The Balaban J connectivity index is 2.54. The fourth-order valence-electron chi connectivity index (χ4n) is 6.01. The van der Waals surface area contributed by atoms with Crippen molar-refractivity contribution in [3.05, 3.63) is 39.8 Å². The van der Waals surface area contributed by atoms with Crippen molar-refractivity contribution in [3.63, 3.8) is 0 Å². The van der Waals surface area contributed by atoms with Crippen molar-refractivity contribution < 1.29 is 48.5 Å². The Hall–Kier alpha value is -5.38. The number of carbonyl (C=O) groups excluding carboxylic acids is 5. The van der Waals surface area contributed by atoms with Crippen LogP contribution in [0.4, 0.5) is 0 Å². The Morgan fingerprint density at radius 1 is 0.483 bits per heavy atom. The number of rotatable bonds is 38. The minimum absolute atomic E-state index is 0.00574. The Bertz CT molecular complexity index is 1500. The molecule has 18 heteroatoms. The predicted molar refractivity (Wildman–Crippen MR) is 226 cm³/mol. The van der Waals surface area contributed by atoms with Crippen LogP contribution in [0.25, 0.3) is 10.4 Å². The van der Waals surface area contributed by atoms with E-state index in [4.69, 9.17) is 20.5 Å². The average Bonchev–Trinajstić information content (AvgIpc) is 3.22. The number of carbonyl (C=O) groups is 7. The van der Waals surface area contributed by atoms with Crippen LogP contribution in [0.3, 0.4) is 0 Å². The number of aliphatic carboxylic acids is 2. The van der Waals surface area contributed by atoms with Crippen LogP contribution in [0.5, 0.6) is 5.75 Å². The van der Waals surface area contributed by atoms with Crippen molar-refractivity contribution in [3.8, 4) is 5.75 Å². The summed E-state index contributed by atoms with van der Waals surface area (Å²) in [5.41, 5.74) is 8.84. The monoisotopic (exact) mass is 845 g/mol. The average molecular weight is 845 g/mol. The molecule has 1 aromatic rings. The normalized spacial score (nSPS) is 10.5. The first-order valence-corrected chi connectivity index (χ1v) is 21.6. The zero-order valence-electron chi connectivity index (χ0n) is 35.2. The molecular weight excluding hydrogens is 777 g/mol. The van der Waals surface area contributed by atoms with Gasteiger partial charge >= 0.3 is 11.9 Å². The van der Waals surface area contributed by atoms with Gasteiger partial charge in [0, 0.05) is 80.9 Å². The number of unbranched alkanes of at least 4 members (excludes halogenated alkanes) is 12. The lowest BCUT2D eigenvalue weighted by atomic mass is 10.1. The van der Waals surface area contributed by atoms with Gasteiger partial charge in [-0.05, 0) is 87.9 Å². The molecule has 0 saturated carbocycles. The number of ether oxygens (including phenoxy) is 1. The molecule has 0 unspecified atom stereocenters. The lowest BCUT2D eigenvalue weighted by Gasteiger charge is -2.13. The minimum atomic E-state index is -0.821. The molecular formula is C42H68N8O10. The van der Waals surface area contributed by atoms with Gasteiger partial charge < -0.3 is 41.5 Å². The zero-order chi connectivity index (χ0) is 44.1. The molecule has 336 valence electrons. The van der Waals surface area contributed by atoms with E-state index < -0.39 is 11.9 Å². The second-order valence-electron chi connectivity index (χ2n) is 14.7. The number of hydrogen-bond donors (Lipinski definition) is 7. The molecule has 0 atom stereocenters. The smallest absolute Gasteiger partial charge is 0.303 e. The van der Waals surface area contributed by atoms with E-state index in [0.29, 0.717) is 96.3 Å². The lowest BCUT2D eigenvalue weighted by Crippen LogP contribution is -2.28. The molecule has 0 heterocycles. The summed E-state index contributed by atoms with van der Waals surface area (Å²) in [5, 5.41) is 35.1. The van der Waals surface area contributed by atoms with E-state index in [2.05, 4.69) is 36.6 Å². The number of carboxylic acid groups (broad SMARTS) is 2. The van der Waals surface area contributed by atoms with E-state index in [0.717, 1.165) is 70.6 Å². The third-order valence-electron chi connectivity index (χ3n) is 9.36. The summed E-state index contributed by atoms with van der Waals surface area (Å²) in [5.74, 6) is -2.27. The van der Waals surface area contributed by atoms with Crippen LogP contribution < -0.4 is 31.3 Å². The molecule has 0 radical (unpaired) electrons. The molecule has 60 heavy (non-hydrogen) atoms. The highest BCUT2D eigenvalue weighted by Crippen LogP contribution is 2.18. The van der Waals surface area contributed by atoms with Crippen molar-refractivity contribution in [2.24, 2.45) is 5.11 Å². The Labute approximate surface area is 353 Å². The van der Waals surface area contributed by atoms with E-state index in [1.807, 2.05) is 0 Å². The van der Waals surface area contributed by atoms with E-state index in [9.17, 15) is 33.6 Å². The van der Waals surface area contributed by atoms with Crippen molar-refractivity contribution in [1.82, 2.24) is 26.6 Å². The van der Waals surface area contributed by atoms with Crippen LogP contribution in [0.15, 0.2) is 23.3 Å². The second-order valence-corrected chi connectivity index (χ2v) is 14.7. The van der Waals surface area contributed by atoms with Gasteiger partial charge in [0.2, 0.25) is 17.7 Å². The topological polar surface area (TPSA) is 278 Å². The van der Waals surface area contributed by atoms with Gasteiger partial charge in [0.15, 0.2) is 0 Å². The van der Waals surface area contributed by atoms with Crippen LogP contribution in [0, 0.1) is 0 Å². The molecule has 1 rings (SSSR count). The highest BCUT2D eigenvalue weighted by atomic mass is 16.5. The molecule has 1 aromatic carbocycles. The molecule has 0 fully saturated rings. The number of azide groups is 1. The Kier molecular flexibility index (Phi) is 31.2. The van der Waals surface area contributed by atoms with E-state index in [1.54, 1.807) is 12.1 Å². The summed E-state index contributed by atoms with van der Waals surface area (Å²) >= 11 is 0. The van der Waals surface area contributed by atoms with Gasteiger partial charge in [0.1, 0.15) is 12.4 Å². The molecule has 5 amide bonds. The number of nitrogens with zero attached hydrogens (tertiary/aromatic N) is 3. The first-order valence-electron chi connectivity index (χ1n) is 21.6. The zero-order valence-corrected chi connectivity index (χ0v) is 35.2. The quantitative estimate of drug-likeness (QED) is 0.0178. The van der Waals surface area contributed by atoms with Crippen LogP contribution in [0.2, 0.25) is 0 Å². The summed E-state index contributed by atoms with van der Waals surface area (Å²) in [4.78, 5) is 86.5. The number of amides is 5. The maximum atomic E-state index is 13.2. The fraction of sp³-hybridized carbons (Fsp3) is 0.690. The van der Waals surface area contributed by atoms with Gasteiger partial charge in [-0.25, -0.2) is 0 Å². The van der Waals surface area contributed by atoms with Gasteiger partial charge in [0.05, 0.1) is 6.54 Å². The minimum Gasteiger partial charge on any atom is -0.492 e. The van der Waals surface area contributed by atoms with E-state index in [-0.39, 0.29) is 66.7 Å². The SMILES string of the molecule is [N-]=[N+]=NCCCCCC(=O)NCCOc1cc(C(=O)NCCCCCCCC(=O)NCCCCCC(=O)O)cc(C(=O)NCCCCCC(=O)NCCCCCC(=O)O)c1. The fourth-order valence-corrected chi connectivity index (χ4v) is 6.01. The molecule has 0 saturated heterocycles. The van der Waals surface area contributed by atoms with Gasteiger partial charge in [-0.15, -0.1) is 0 Å². The number of hydrogen-bond acceptors (Lipinski definition) is 9. The summed E-state index contributed by atoms with van der Waals surface area (Å²) in [6.07, 6.45) is 13.9. The standard InChI is InChI=1S/C42H68N8O10/c43-50-49-27-17-5-10-20-38(53)46-28-29-60-35-31-33(41(58)47-25-13-3-1-2-8-18-36(51)44-23-14-6-11-21-39(54)55)30-34(32-35)42(59)48-26-16-4-9-19-37(52)45-24-15-7-12-22-40(56)57/h30-32H,1-29H2,(H,44,51)(H,45,52)(H,46,53)(H,47,58)(H,48,59)(H,54,55)(H,56,57). The van der Waals surface area contributed by atoms with Crippen LogP contribution in [-0.2, 0) is 24.0 Å². The van der Waals surface area contributed by atoms with Gasteiger partial charge in [0.25, 0.3) is 11.8 Å². The molecule has 0 aliphatic carbocycles. The van der Waals surface area contributed by atoms with Crippen molar-refractivity contribution in [1.29, 1.82) is 0 Å². The van der Waals surface area contributed by atoms with E-state index in [1.165, 1.54) is 6.07 Å². The van der Waals surface area contributed by atoms with Crippen LogP contribution >= 0.6 is 0 Å². The van der Waals surface area contributed by atoms with Crippen LogP contribution in [0.1, 0.15) is 162 Å². The first kappa shape index (κ1) is 52.6. The third-order valence-corrected chi connectivity index (χ3v) is 9.36. The first-order chi connectivity index (χ1) is 29.0. The van der Waals surface area contributed by atoms with E-state index >= 15 is 0 Å². The summed E-state index contributed by atoms with van der Waals surface area (Å²) in [6.45, 7) is 2.60. The Morgan fingerprint density at radius 2 is 0.850 bits per heavy atom. The number of benzene rings is 1. The number of nitrogens with one attached hydrogen (secondary N) is 5. The van der Waals surface area contributed by atoms with Gasteiger partial charge in [-0.1, -0.05) is 50.1 Å². The maximum Gasteiger partial charge on any atom is 0.303 e. The summed E-state index contributed by atoms with van der Waals surface area (Å²) in [7, 11) is 0. The van der Waals surface area contributed by atoms with Crippen molar-refractivity contribution in [2.75, 3.05) is 45.9 Å². The predicted octanol–water partition coefficient (Wildman–Crippen LogP) is 5.94. The molecule has 0 aliphatic rings. The number of carboxylic acids is 2. The summed E-state index contributed by atoms with van der Waals surface area (Å²) in [6, 6.07) is 4.61. The summed E-state index contributed by atoms with van der Waals surface area (Å²) < 4.78 is 5.86. The molecule has 18 nitrogen and oxygen atoms in total.